The lowest BCUT2D eigenvalue weighted by Gasteiger charge is -2.35. The Balaban J connectivity index is 2.39. The van der Waals surface area contributed by atoms with Gasteiger partial charge in [-0.15, -0.1) is 0 Å². The average Bonchev–Trinajstić information content (AvgIpc) is 2.86. The quantitative estimate of drug-likeness (QED) is 0.388. The maximum absolute atomic E-state index is 11.2. The molecule has 1 unspecified atom stereocenters. The summed E-state index contributed by atoms with van der Waals surface area (Å²) in [5, 5.41) is 11.2. The highest BCUT2D eigenvalue weighted by Crippen LogP contribution is 2.21. The number of rotatable bonds is 13. The fraction of sp³-hybridized carbons (Fsp3) is 0.889. The van der Waals surface area contributed by atoms with E-state index in [9.17, 15) is 9.90 Å². The van der Waals surface area contributed by atoms with E-state index in [1.54, 1.807) is 0 Å². The van der Waals surface area contributed by atoms with Crippen LogP contribution < -0.4 is 5.11 Å². The molecule has 0 radical (unpaired) electrons. The van der Waals surface area contributed by atoms with Crippen molar-refractivity contribution in [2.45, 2.75) is 78.1 Å². The standard InChI is InChI=1S/C18H34N2O2/c1-3-5-7-8-9-10-11-12-17-19-13-15-20(17,14-6-4-2)16-18(21)22/h3-16H2,1-2H3. The molecule has 4 nitrogen and oxygen atoms in total. The molecule has 128 valence electrons. The van der Waals surface area contributed by atoms with Gasteiger partial charge >= 0.3 is 0 Å². The molecule has 0 saturated heterocycles. The molecule has 1 aliphatic heterocycles. The summed E-state index contributed by atoms with van der Waals surface area (Å²) in [4.78, 5) is 15.8. The predicted molar refractivity (Wildman–Crippen MR) is 89.7 cm³/mol. The van der Waals surface area contributed by atoms with Crippen molar-refractivity contribution in [3.05, 3.63) is 0 Å². The van der Waals surface area contributed by atoms with Gasteiger partial charge in [-0.1, -0.05) is 58.8 Å². The maximum atomic E-state index is 11.2. The zero-order valence-electron chi connectivity index (χ0n) is 14.6. The molecule has 0 bridgehead atoms. The van der Waals surface area contributed by atoms with Crippen molar-refractivity contribution in [2.75, 3.05) is 26.2 Å². The number of unbranched alkanes of at least 4 members (excludes halogenated alkanes) is 7. The van der Waals surface area contributed by atoms with Crippen LogP contribution in [-0.2, 0) is 4.79 Å². The van der Waals surface area contributed by atoms with E-state index in [-0.39, 0.29) is 6.54 Å². The van der Waals surface area contributed by atoms with Crippen molar-refractivity contribution in [1.82, 2.24) is 0 Å². The number of hydrogen-bond acceptors (Lipinski definition) is 3. The number of carbonyl (C=O) groups excluding carboxylic acids is 1. The van der Waals surface area contributed by atoms with Gasteiger partial charge in [0, 0.05) is 6.42 Å². The number of carboxylic acids is 1. The summed E-state index contributed by atoms with van der Waals surface area (Å²) in [5.74, 6) is 0.177. The van der Waals surface area contributed by atoms with Crippen molar-refractivity contribution >= 4 is 11.8 Å². The summed E-state index contributed by atoms with van der Waals surface area (Å²) in [6.07, 6.45) is 12.1. The minimum atomic E-state index is -0.940. The summed E-state index contributed by atoms with van der Waals surface area (Å²) in [6.45, 7) is 7.03. The van der Waals surface area contributed by atoms with Crippen LogP contribution in [0.25, 0.3) is 0 Å². The number of hydrogen-bond donors (Lipinski definition) is 0. The van der Waals surface area contributed by atoms with Crippen LogP contribution in [0.5, 0.6) is 0 Å². The van der Waals surface area contributed by atoms with Crippen LogP contribution in [-0.4, -0.2) is 42.5 Å². The van der Waals surface area contributed by atoms with Crippen LogP contribution in [0.15, 0.2) is 4.99 Å². The molecule has 22 heavy (non-hydrogen) atoms. The van der Waals surface area contributed by atoms with Crippen molar-refractivity contribution < 1.29 is 14.4 Å². The molecule has 0 N–H and O–H groups in total. The van der Waals surface area contributed by atoms with Gasteiger partial charge in [0.2, 0.25) is 0 Å². The van der Waals surface area contributed by atoms with Gasteiger partial charge in [0.25, 0.3) is 0 Å². The van der Waals surface area contributed by atoms with Gasteiger partial charge in [-0.25, -0.2) is 4.99 Å². The summed E-state index contributed by atoms with van der Waals surface area (Å²) in [7, 11) is 0. The van der Waals surface area contributed by atoms with Gasteiger partial charge in [0.1, 0.15) is 13.1 Å². The summed E-state index contributed by atoms with van der Waals surface area (Å²) in [6, 6.07) is 0. The van der Waals surface area contributed by atoms with Gasteiger partial charge in [0.15, 0.2) is 5.84 Å². The van der Waals surface area contributed by atoms with Gasteiger partial charge in [-0.3, -0.25) is 4.48 Å². The smallest absolute Gasteiger partial charge is 0.198 e. The number of nitrogens with zero attached hydrogens (tertiary/aromatic N) is 2. The van der Waals surface area contributed by atoms with Crippen molar-refractivity contribution in [3.8, 4) is 0 Å². The van der Waals surface area contributed by atoms with E-state index in [4.69, 9.17) is 0 Å². The highest BCUT2D eigenvalue weighted by atomic mass is 16.4. The van der Waals surface area contributed by atoms with Crippen LogP contribution in [0, 0.1) is 0 Å². The van der Waals surface area contributed by atoms with E-state index >= 15 is 0 Å². The Hall–Kier alpha value is -0.900. The molecule has 0 spiro atoms. The van der Waals surface area contributed by atoms with Crippen LogP contribution in [0.1, 0.15) is 78.1 Å². The first-order valence-corrected chi connectivity index (χ1v) is 9.24. The Kier molecular flexibility index (Phi) is 9.37. The second-order valence-electron chi connectivity index (χ2n) is 6.65. The molecular formula is C18H34N2O2. The van der Waals surface area contributed by atoms with Crippen LogP contribution in [0.4, 0.5) is 0 Å². The summed E-state index contributed by atoms with van der Waals surface area (Å²) >= 11 is 0. The average molecular weight is 310 g/mol. The molecular weight excluding hydrogens is 276 g/mol. The third kappa shape index (κ3) is 6.47. The lowest BCUT2D eigenvalue weighted by Crippen LogP contribution is -2.56. The SMILES string of the molecule is CCCCCCCCCC1=NCC[N+]1(CCCC)CC(=O)[O-]. The minimum Gasteiger partial charge on any atom is -0.544 e. The number of carboxylic acid groups (broad SMARTS) is 1. The van der Waals surface area contributed by atoms with Gasteiger partial charge < -0.3 is 9.90 Å². The Morgan fingerprint density at radius 3 is 2.32 bits per heavy atom. The summed E-state index contributed by atoms with van der Waals surface area (Å²) < 4.78 is 0.562. The highest BCUT2D eigenvalue weighted by molar-refractivity contribution is 5.79. The van der Waals surface area contributed by atoms with Crippen molar-refractivity contribution in [3.63, 3.8) is 0 Å². The number of aliphatic carboxylic acids is 1. The number of carbonyl (C=O) groups is 1. The zero-order valence-corrected chi connectivity index (χ0v) is 14.6. The van der Waals surface area contributed by atoms with E-state index in [1.807, 2.05) is 0 Å². The first-order valence-electron chi connectivity index (χ1n) is 9.24. The molecule has 0 amide bonds. The fourth-order valence-corrected chi connectivity index (χ4v) is 3.40. The van der Waals surface area contributed by atoms with E-state index in [0.29, 0.717) is 4.48 Å². The topological polar surface area (TPSA) is 52.5 Å². The molecule has 1 rings (SSSR count). The monoisotopic (exact) mass is 310 g/mol. The van der Waals surface area contributed by atoms with Crippen molar-refractivity contribution in [1.29, 1.82) is 0 Å². The first-order chi connectivity index (χ1) is 10.6. The zero-order chi connectivity index (χ0) is 16.3. The van der Waals surface area contributed by atoms with Crippen molar-refractivity contribution in [2.24, 2.45) is 4.99 Å². The molecule has 4 heteroatoms. The second-order valence-corrected chi connectivity index (χ2v) is 6.65. The third-order valence-corrected chi connectivity index (χ3v) is 4.75. The van der Waals surface area contributed by atoms with Crippen LogP contribution >= 0.6 is 0 Å². The third-order valence-electron chi connectivity index (χ3n) is 4.75. The molecule has 0 saturated carbocycles. The van der Waals surface area contributed by atoms with E-state index < -0.39 is 5.97 Å². The second kappa shape index (κ2) is 10.8. The first kappa shape index (κ1) is 19.1. The maximum Gasteiger partial charge on any atom is 0.198 e. The lowest BCUT2D eigenvalue weighted by atomic mass is 10.1. The molecule has 0 aromatic rings. The molecule has 0 aromatic carbocycles. The Morgan fingerprint density at radius 1 is 1.05 bits per heavy atom. The predicted octanol–water partition coefficient (Wildman–Crippen LogP) is 2.91. The van der Waals surface area contributed by atoms with Gasteiger partial charge in [0.05, 0.1) is 19.1 Å². The fourth-order valence-electron chi connectivity index (χ4n) is 3.40. The molecule has 0 aliphatic carbocycles. The Labute approximate surface area is 136 Å². The van der Waals surface area contributed by atoms with Crippen LogP contribution in [0.3, 0.4) is 0 Å². The number of aliphatic imine (C=N–C) groups is 1. The largest absolute Gasteiger partial charge is 0.544 e. The molecule has 1 atom stereocenters. The highest BCUT2D eigenvalue weighted by Gasteiger charge is 2.37. The van der Waals surface area contributed by atoms with E-state index in [1.165, 1.54) is 38.5 Å². The van der Waals surface area contributed by atoms with Gasteiger partial charge in [-0.05, 0) is 12.8 Å². The number of amidine groups is 1. The lowest BCUT2D eigenvalue weighted by molar-refractivity contribution is -0.831. The normalized spacial score (nSPS) is 21.1. The molecule has 1 heterocycles. The van der Waals surface area contributed by atoms with E-state index in [2.05, 4.69) is 18.8 Å². The Bertz CT molecular complexity index is 355. The van der Waals surface area contributed by atoms with Crippen LogP contribution in [0.2, 0.25) is 0 Å². The molecule has 0 aromatic heterocycles. The van der Waals surface area contributed by atoms with Gasteiger partial charge in [-0.2, -0.15) is 0 Å². The number of quaternary nitrogens is 1. The molecule has 0 fully saturated rings. The Morgan fingerprint density at radius 2 is 1.68 bits per heavy atom. The molecule has 1 aliphatic rings. The summed E-state index contributed by atoms with van der Waals surface area (Å²) in [5.41, 5.74) is 0. The van der Waals surface area contributed by atoms with E-state index in [0.717, 1.165) is 51.2 Å². The minimum absolute atomic E-state index is 0.106.